The summed E-state index contributed by atoms with van der Waals surface area (Å²) in [5, 5.41) is 6.48. The Balaban J connectivity index is 2.00. The summed E-state index contributed by atoms with van der Waals surface area (Å²) < 4.78 is 31.2. The molecule has 0 aliphatic heterocycles. The van der Waals surface area contributed by atoms with Crippen molar-refractivity contribution in [3.05, 3.63) is 59.8 Å². The Hall–Kier alpha value is -2.31. The molecule has 2 aromatic carbocycles. The fraction of sp³-hybridized carbons (Fsp3) is 0.300. The van der Waals surface area contributed by atoms with Crippen LogP contribution in [0.2, 0.25) is 0 Å². The van der Waals surface area contributed by atoms with Crippen LogP contribution in [0.25, 0.3) is 10.9 Å². The van der Waals surface area contributed by atoms with E-state index in [2.05, 4.69) is 30.7 Å². The van der Waals surface area contributed by atoms with E-state index in [1.54, 1.807) is 19.2 Å². The smallest absolute Gasteiger partial charge is 0.238 e. The highest BCUT2D eigenvalue weighted by molar-refractivity contribution is 7.89. The predicted molar refractivity (Wildman–Crippen MR) is 104 cm³/mol. The average molecular weight is 372 g/mol. The van der Waals surface area contributed by atoms with Crippen molar-refractivity contribution in [2.24, 2.45) is 5.14 Å². The summed E-state index contributed by atoms with van der Waals surface area (Å²) in [6.07, 6.45) is 3.46. The molecule has 0 saturated carbocycles. The lowest BCUT2D eigenvalue weighted by Gasteiger charge is -2.09. The first-order chi connectivity index (χ1) is 12.3. The van der Waals surface area contributed by atoms with Crippen molar-refractivity contribution >= 4 is 20.9 Å². The summed E-state index contributed by atoms with van der Waals surface area (Å²) in [6.45, 7) is 4.29. The van der Waals surface area contributed by atoms with Gasteiger partial charge in [0.05, 0.1) is 12.0 Å². The van der Waals surface area contributed by atoms with Crippen LogP contribution >= 0.6 is 0 Å². The van der Waals surface area contributed by atoms with Crippen molar-refractivity contribution in [1.29, 1.82) is 0 Å². The summed E-state index contributed by atoms with van der Waals surface area (Å²) in [6, 6.07) is 13.3. The number of fused-ring (bicyclic) bond motifs is 1. The van der Waals surface area contributed by atoms with E-state index in [1.807, 2.05) is 24.3 Å². The van der Waals surface area contributed by atoms with Gasteiger partial charge in [-0.15, -0.1) is 0 Å². The molecule has 0 saturated heterocycles. The van der Waals surface area contributed by atoms with Gasteiger partial charge in [-0.2, -0.15) is 0 Å². The second-order valence-electron chi connectivity index (χ2n) is 6.69. The van der Waals surface area contributed by atoms with Crippen molar-refractivity contribution in [2.75, 3.05) is 7.11 Å². The fourth-order valence-electron chi connectivity index (χ4n) is 3.32. The molecule has 3 rings (SSSR count). The maximum atomic E-state index is 11.8. The number of hydrogen-bond donors (Lipinski definition) is 1. The molecule has 5 nitrogen and oxygen atoms in total. The van der Waals surface area contributed by atoms with Gasteiger partial charge in [0.15, 0.2) is 0 Å². The van der Waals surface area contributed by atoms with Gasteiger partial charge in [0.25, 0.3) is 0 Å². The van der Waals surface area contributed by atoms with E-state index in [0.717, 1.165) is 34.2 Å². The Morgan fingerprint density at radius 1 is 1.08 bits per heavy atom. The fourth-order valence-corrected chi connectivity index (χ4v) is 4.12. The molecule has 0 unspecified atom stereocenters. The Labute approximate surface area is 154 Å². The number of sulfonamides is 1. The number of rotatable bonds is 6. The molecule has 6 heteroatoms. The summed E-state index contributed by atoms with van der Waals surface area (Å²) in [7, 11) is -2.07. The zero-order valence-electron chi connectivity index (χ0n) is 15.3. The molecule has 0 aliphatic rings. The third kappa shape index (κ3) is 3.61. The Bertz CT molecular complexity index is 1040. The number of ether oxygens (including phenoxy) is 1. The molecule has 26 heavy (non-hydrogen) atoms. The predicted octanol–water partition coefficient (Wildman–Crippen LogP) is 3.66. The number of benzene rings is 2. The summed E-state index contributed by atoms with van der Waals surface area (Å²) in [5.74, 6) is 0.810. The molecule has 138 valence electrons. The summed E-state index contributed by atoms with van der Waals surface area (Å²) in [4.78, 5) is 0.199. The Morgan fingerprint density at radius 3 is 2.42 bits per heavy atom. The lowest BCUT2D eigenvalue weighted by molar-refractivity contribution is 0.415. The molecular formula is C20H24N2O3S. The van der Waals surface area contributed by atoms with Crippen LogP contribution in [0.5, 0.6) is 5.75 Å². The molecule has 0 bridgehead atoms. The van der Waals surface area contributed by atoms with Gasteiger partial charge in [-0.25, -0.2) is 13.6 Å². The molecule has 0 fully saturated rings. The number of aryl methyl sites for hydroxylation is 2. The monoisotopic (exact) mass is 372 g/mol. The standard InChI is InChI=1S/C20H24N2O3S/c1-14(2)22-13-16(18-12-17(25-3)10-11-19(18)22)9-8-15-6-4-5-7-20(15)26(21,23)24/h4-7,10-14H,8-9H2,1-3H3,(H2,21,23,24). The van der Waals surface area contributed by atoms with Crippen LogP contribution in [0.3, 0.4) is 0 Å². The zero-order chi connectivity index (χ0) is 18.9. The van der Waals surface area contributed by atoms with E-state index >= 15 is 0 Å². The minimum Gasteiger partial charge on any atom is -0.497 e. The van der Waals surface area contributed by atoms with Crippen molar-refractivity contribution in [1.82, 2.24) is 4.57 Å². The molecule has 0 atom stereocenters. The number of hydrogen-bond acceptors (Lipinski definition) is 3. The van der Waals surface area contributed by atoms with E-state index in [1.165, 1.54) is 0 Å². The van der Waals surface area contributed by atoms with Crippen LogP contribution < -0.4 is 9.88 Å². The second-order valence-corrected chi connectivity index (χ2v) is 8.22. The minimum absolute atomic E-state index is 0.199. The van der Waals surface area contributed by atoms with Crippen LogP contribution in [0.1, 0.15) is 31.0 Å². The van der Waals surface area contributed by atoms with E-state index in [4.69, 9.17) is 9.88 Å². The van der Waals surface area contributed by atoms with Gasteiger partial charge < -0.3 is 9.30 Å². The zero-order valence-corrected chi connectivity index (χ0v) is 16.1. The highest BCUT2D eigenvalue weighted by Gasteiger charge is 2.15. The number of nitrogens with two attached hydrogens (primary N) is 1. The second kappa shape index (κ2) is 7.13. The van der Waals surface area contributed by atoms with Crippen LogP contribution in [0.15, 0.2) is 53.6 Å². The van der Waals surface area contributed by atoms with Crippen molar-refractivity contribution < 1.29 is 13.2 Å². The van der Waals surface area contributed by atoms with Gasteiger partial charge in [0, 0.05) is 23.1 Å². The number of methoxy groups -OCH3 is 1. The van der Waals surface area contributed by atoms with Crippen molar-refractivity contribution in [2.45, 2.75) is 37.6 Å². The Morgan fingerprint density at radius 2 is 1.77 bits per heavy atom. The first kappa shape index (κ1) is 18.5. The van der Waals surface area contributed by atoms with E-state index in [-0.39, 0.29) is 4.90 Å². The van der Waals surface area contributed by atoms with Crippen LogP contribution in [0, 0.1) is 0 Å². The minimum atomic E-state index is -3.72. The largest absolute Gasteiger partial charge is 0.497 e. The lowest BCUT2D eigenvalue weighted by atomic mass is 10.0. The van der Waals surface area contributed by atoms with Crippen molar-refractivity contribution in [3.63, 3.8) is 0 Å². The van der Waals surface area contributed by atoms with Crippen LogP contribution in [-0.2, 0) is 22.9 Å². The van der Waals surface area contributed by atoms with Gasteiger partial charge in [-0.3, -0.25) is 0 Å². The normalized spacial score (nSPS) is 12.0. The molecule has 1 heterocycles. The highest BCUT2D eigenvalue weighted by atomic mass is 32.2. The molecule has 0 amide bonds. The number of nitrogens with zero attached hydrogens (tertiary/aromatic N) is 1. The third-order valence-corrected chi connectivity index (χ3v) is 5.63. The lowest BCUT2D eigenvalue weighted by Crippen LogP contribution is -2.14. The Kier molecular flexibility index (Phi) is 5.07. The van der Waals surface area contributed by atoms with Gasteiger partial charge >= 0.3 is 0 Å². The van der Waals surface area contributed by atoms with E-state index < -0.39 is 10.0 Å². The summed E-state index contributed by atoms with van der Waals surface area (Å²) in [5.41, 5.74) is 3.05. The molecule has 0 spiro atoms. The third-order valence-electron chi connectivity index (χ3n) is 4.62. The summed E-state index contributed by atoms with van der Waals surface area (Å²) >= 11 is 0. The molecular weight excluding hydrogens is 348 g/mol. The number of primary sulfonamides is 1. The maximum absolute atomic E-state index is 11.8. The number of aromatic nitrogens is 1. The first-order valence-electron chi connectivity index (χ1n) is 8.59. The van der Waals surface area contributed by atoms with E-state index in [9.17, 15) is 8.42 Å². The first-order valence-corrected chi connectivity index (χ1v) is 10.1. The maximum Gasteiger partial charge on any atom is 0.238 e. The topological polar surface area (TPSA) is 74.3 Å². The van der Waals surface area contributed by atoms with Gasteiger partial charge in [0.1, 0.15) is 5.75 Å². The van der Waals surface area contributed by atoms with Crippen LogP contribution in [-0.4, -0.2) is 20.1 Å². The molecule has 1 aromatic heterocycles. The van der Waals surface area contributed by atoms with Crippen molar-refractivity contribution in [3.8, 4) is 5.75 Å². The van der Waals surface area contributed by atoms with Gasteiger partial charge in [0.2, 0.25) is 10.0 Å². The molecule has 3 aromatic rings. The van der Waals surface area contributed by atoms with Crippen LogP contribution in [0.4, 0.5) is 0 Å². The van der Waals surface area contributed by atoms with E-state index in [0.29, 0.717) is 12.5 Å². The molecule has 0 aliphatic carbocycles. The molecule has 0 radical (unpaired) electrons. The van der Waals surface area contributed by atoms with Gasteiger partial charge in [-0.05, 0) is 62.1 Å². The molecule has 2 N–H and O–H groups in total. The van der Waals surface area contributed by atoms with Gasteiger partial charge in [-0.1, -0.05) is 18.2 Å². The average Bonchev–Trinajstić information content (AvgIpc) is 2.97. The highest BCUT2D eigenvalue weighted by Crippen LogP contribution is 2.29. The quantitative estimate of drug-likeness (QED) is 0.717. The SMILES string of the molecule is COc1ccc2c(c1)c(CCc1ccccc1S(N)(=O)=O)cn2C(C)C.